The molecule has 2 aromatic carbocycles. The van der Waals surface area contributed by atoms with Gasteiger partial charge in [0.15, 0.2) is 11.5 Å². The zero-order chi connectivity index (χ0) is 59.2. The molecule has 4 N–H and O–H groups in total. The summed E-state index contributed by atoms with van der Waals surface area (Å²) in [6.45, 7) is 21.7. The Morgan fingerprint density at radius 2 is 1.18 bits per heavy atom. The van der Waals surface area contributed by atoms with Crippen LogP contribution in [0.25, 0.3) is 34.0 Å². The van der Waals surface area contributed by atoms with E-state index in [1.54, 1.807) is 24.3 Å². The van der Waals surface area contributed by atoms with Crippen LogP contribution in [-0.4, -0.2) is 145 Å². The average Bonchev–Trinajstić information content (AvgIpc) is 4.19. The fraction of sp³-hybridized carbons (Fsp3) is 0.483. The molecule has 25 heteroatoms. The molecule has 2 atom stereocenters. The fourth-order valence-electron chi connectivity index (χ4n) is 10.4. The summed E-state index contributed by atoms with van der Waals surface area (Å²) in [7, 11) is -0.556. The van der Waals surface area contributed by atoms with Crippen LogP contribution in [0, 0.1) is 25.7 Å². The molecule has 5 saturated heterocycles. The van der Waals surface area contributed by atoms with Crippen LogP contribution in [0.4, 0.5) is 45.8 Å². The summed E-state index contributed by atoms with van der Waals surface area (Å²) in [4.78, 5) is 69.9. The second-order valence-electron chi connectivity index (χ2n) is 22.4. The first kappa shape index (κ1) is 60.5. The molecular formula is C58H71BClF3N10O10. The van der Waals surface area contributed by atoms with Crippen molar-refractivity contribution in [3.63, 3.8) is 0 Å². The molecule has 11 rings (SSSR count). The Morgan fingerprint density at radius 3 is 1.69 bits per heavy atom. The molecule has 0 spiro atoms. The molecule has 4 amide bonds. The molecule has 444 valence electrons. The minimum absolute atomic E-state index is 0.0609. The van der Waals surface area contributed by atoms with E-state index in [4.69, 9.17) is 44.2 Å². The first-order chi connectivity index (χ1) is 39.5. The third kappa shape index (κ3) is 15.4. The number of aromatic amines is 2. The number of aromatic nitrogens is 4. The standard InChI is InChI=1S/C26H31N5O4.C20H28BF3N2O3.C12H12ClN3O3/c1-3-18-6-7-31(16-18)25(32)28-20-5-4-17(2)21(14-20)19-12-22(23-15-27-26(33)35-23)29-24(13-19)30-8-10-34-11-9-30;1-13-6-7-15(10-16(13)21-28-18(2,3)19(4,5)29-21)25-17(27)26-9-8-14(12-26)11-20(22,23)24;13-8-5-9(10-7-14-12(17)19-10)15-11(6-8)16-1-3-18-4-2-16/h4-5,12-15,18H,3,6-11,16H2,1-2H3,(H,27,33)(H,28,32);6-7,10,14H,8-9,11-12H2,1-5H3,(H,25,27);5-7H,1-4H2,(H,14,17)/t18-;14-;/m10./s1. The van der Waals surface area contributed by atoms with Crippen molar-refractivity contribution < 1.29 is 50.4 Å². The summed E-state index contributed by atoms with van der Waals surface area (Å²) in [6.07, 6.45) is 0.460. The highest BCUT2D eigenvalue weighted by molar-refractivity contribution is 6.62. The molecule has 20 nitrogen and oxygen atoms in total. The Bertz CT molecular complexity index is 3340. The molecule has 6 aromatic rings. The normalized spacial score (nSPS) is 19.5. The number of halogens is 4. The average molecular weight is 1170 g/mol. The van der Waals surface area contributed by atoms with Gasteiger partial charge in [-0.25, -0.2) is 29.1 Å². The number of morpholine rings is 2. The molecule has 5 aliphatic rings. The zero-order valence-electron chi connectivity index (χ0n) is 47.8. The van der Waals surface area contributed by atoms with E-state index in [-0.39, 0.29) is 12.6 Å². The van der Waals surface area contributed by atoms with Crippen LogP contribution in [0.3, 0.4) is 0 Å². The van der Waals surface area contributed by atoms with E-state index in [2.05, 4.69) is 42.3 Å². The van der Waals surface area contributed by atoms with Crippen molar-refractivity contribution in [3.8, 4) is 34.0 Å². The molecule has 0 radical (unpaired) electrons. The second kappa shape index (κ2) is 25.8. The van der Waals surface area contributed by atoms with Crippen molar-refractivity contribution >= 4 is 59.3 Å². The number of alkyl halides is 3. The van der Waals surface area contributed by atoms with E-state index in [1.165, 1.54) is 17.3 Å². The maximum absolute atomic E-state index is 12.9. The molecule has 83 heavy (non-hydrogen) atoms. The number of carbonyl (C=O) groups is 2. The lowest BCUT2D eigenvalue weighted by Crippen LogP contribution is -2.41. The Morgan fingerprint density at radius 1 is 0.687 bits per heavy atom. The SMILES string of the molecule is CC[C@@H]1CCN(C(=O)Nc2ccc(C)c(-c3cc(-c4c[nH]c(=O)o4)nc(N4CCOCC4)c3)c2)C1.Cc1ccc(NC(=O)N2CC[C@@H](CC(F)(F)F)C2)cc1B1OC(C)(C)C(C)(C)O1.O=c1[nH]cc(-c2cc(Cl)cc(N3CCOCC3)n2)o1. The van der Waals surface area contributed by atoms with Crippen LogP contribution < -0.4 is 37.4 Å². The first-order valence-corrected chi connectivity index (χ1v) is 28.4. The van der Waals surface area contributed by atoms with E-state index in [0.29, 0.717) is 78.9 Å². The number of H-pyrrole nitrogens is 2. The number of hydrogen-bond acceptors (Lipinski definition) is 14. The summed E-state index contributed by atoms with van der Waals surface area (Å²) in [5.41, 5.74) is 6.21. The van der Waals surface area contributed by atoms with Gasteiger partial charge in [0.1, 0.15) is 23.0 Å². The third-order valence-corrected chi connectivity index (χ3v) is 16.1. The van der Waals surface area contributed by atoms with Gasteiger partial charge in [-0.1, -0.05) is 42.6 Å². The predicted octanol–water partition coefficient (Wildman–Crippen LogP) is 9.73. The summed E-state index contributed by atoms with van der Waals surface area (Å²) < 4.78 is 71.0. The van der Waals surface area contributed by atoms with Gasteiger partial charge in [0, 0.05) is 75.2 Å². The highest BCUT2D eigenvalue weighted by Crippen LogP contribution is 2.38. The number of urea groups is 2. The fourth-order valence-corrected chi connectivity index (χ4v) is 10.6. The van der Waals surface area contributed by atoms with Crippen LogP contribution in [0.5, 0.6) is 0 Å². The van der Waals surface area contributed by atoms with Crippen LogP contribution in [-0.2, 0) is 18.8 Å². The van der Waals surface area contributed by atoms with Crippen molar-refractivity contribution in [3.05, 3.63) is 110 Å². The van der Waals surface area contributed by atoms with Crippen molar-refractivity contribution in [1.29, 1.82) is 0 Å². The van der Waals surface area contributed by atoms with Crippen molar-refractivity contribution in [1.82, 2.24) is 29.7 Å². The molecule has 5 fully saturated rings. The van der Waals surface area contributed by atoms with E-state index in [0.717, 1.165) is 97.1 Å². The zero-order valence-corrected chi connectivity index (χ0v) is 48.5. The number of amides is 4. The molecule has 0 bridgehead atoms. The Labute approximate surface area is 484 Å². The highest BCUT2D eigenvalue weighted by Gasteiger charge is 2.52. The number of nitrogens with zero attached hydrogens (tertiary/aromatic N) is 6. The van der Waals surface area contributed by atoms with E-state index in [9.17, 15) is 32.3 Å². The van der Waals surface area contributed by atoms with Gasteiger partial charge in [-0.2, -0.15) is 13.2 Å². The van der Waals surface area contributed by atoms with Gasteiger partial charge in [-0.3, -0.25) is 9.97 Å². The lowest BCUT2D eigenvalue weighted by atomic mass is 9.76. The summed E-state index contributed by atoms with van der Waals surface area (Å²) >= 11 is 6.10. The van der Waals surface area contributed by atoms with E-state index < -0.39 is 54.4 Å². The smallest absolute Gasteiger partial charge is 0.406 e. The molecular weight excluding hydrogens is 1100 g/mol. The van der Waals surface area contributed by atoms with Gasteiger partial charge in [-0.15, -0.1) is 0 Å². The minimum atomic E-state index is -4.20. The molecule has 0 saturated carbocycles. The molecule has 0 unspecified atom stereocenters. The molecule has 9 heterocycles. The number of nitrogens with one attached hydrogen (secondary N) is 4. The number of ether oxygens (including phenoxy) is 2. The van der Waals surface area contributed by atoms with E-state index >= 15 is 0 Å². The lowest BCUT2D eigenvalue weighted by molar-refractivity contribution is -0.143. The van der Waals surface area contributed by atoms with Gasteiger partial charge in [0.25, 0.3) is 0 Å². The van der Waals surface area contributed by atoms with Crippen molar-refractivity contribution in [2.75, 3.05) is 99.2 Å². The Kier molecular flexibility index (Phi) is 18.8. The number of oxazole rings is 2. The van der Waals surface area contributed by atoms with Crippen molar-refractivity contribution in [2.45, 2.75) is 91.5 Å². The predicted molar refractivity (Wildman–Crippen MR) is 312 cm³/mol. The third-order valence-electron chi connectivity index (χ3n) is 15.9. The van der Waals surface area contributed by atoms with Gasteiger partial charge in [0.2, 0.25) is 0 Å². The topological polar surface area (TPSA) is 226 Å². The monoisotopic (exact) mass is 1170 g/mol. The molecule has 4 aromatic heterocycles. The van der Waals surface area contributed by atoms with Crippen LogP contribution in [0.2, 0.25) is 5.02 Å². The molecule has 0 aliphatic carbocycles. The van der Waals surface area contributed by atoms with Crippen LogP contribution >= 0.6 is 11.6 Å². The van der Waals surface area contributed by atoms with Crippen LogP contribution in [0.1, 0.15) is 71.4 Å². The largest absolute Gasteiger partial charge is 0.495 e. The summed E-state index contributed by atoms with van der Waals surface area (Å²) in [5.74, 6) is 1.32. The minimum Gasteiger partial charge on any atom is -0.406 e. The quantitative estimate of drug-likeness (QED) is 0.0937. The summed E-state index contributed by atoms with van der Waals surface area (Å²) in [6, 6.07) is 18.3. The summed E-state index contributed by atoms with van der Waals surface area (Å²) in [5, 5.41) is 6.42. The molecule has 5 aliphatic heterocycles. The lowest BCUT2D eigenvalue weighted by Gasteiger charge is -2.32. The second-order valence-corrected chi connectivity index (χ2v) is 22.8. The van der Waals surface area contributed by atoms with Gasteiger partial charge in [0.05, 0.1) is 50.0 Å². The number of hydrogen-bond donors (Lipinski definition) is 4. The van der Waals surface area contributed by atoms with Crippen LogP contribution in [0.15, 0.2) is 91.5 Å². The maximum Gasteiger partial charge on any atom is 0.495 e. The van der Waals surface area contributed by atoms with Crippen molar-refractivity contribution in [2.24, 2.45) is 11.8 Å². The number of benzene rings is 2. The number of carbonyl (C=O) groups excluding carboxylic acids is 2. The van der Waals surface area contributed by atoms with Gasteiger partial charge < -0.3 is 57.8 Å². The number of rotatable bonds is 10. The first-order valence-electron chi connectivity index (χ1n) is 28.0. The van der Waals surface area contributed by atoms with E-state index in [1.807, 2.05) is 82.8 Å². The number of anilines is 4. The number of aryl methyl sites for hydroxylation is 2. The Hall–Kier alpha value is -7.12. The maximum atomic E-state index is 12.9. The number of likely N-dealkylation sites (tertiary alicyclic amines) is 2. The highest BCUT2D eigenvalue weighted by atomic mass is 35.5. The van der Waals surface area contributed by atoms with Gasteiger partial charge >= 0.3 is 36.9 Å². The Balaban J connectivity index is 0.000000156. The van der Waals surface area contributed by atoms with Gasteiger partial charge in [-0.05, 0) is 137 Å². The number of pyridine rings is 2.